The summed E-state index contributed by atoms with van der Waals surface area (Å²) >= 11 is 1.70. The maximum Gasteiger partial charge on any atom is 0.0948 e. The van der Waals surface area contributed by atoms with Crippen molar-refractivity contribution in [2.45, 2.75) is 52.5 Å². The largest absolute Gasteiger partial charge is 0.271 e. The first-order valence-electron chi connectivity index (χ1n) is 7.16. The van der Waals surface area contributed by atoms with Gasteiger partial charge in [-0.05, 0) is 25.5 Å². The predicted octanol–water partition coefficient (Wildman–Crippen LogP) is 3.20. The Labute approximate surface area is 130 Å². The van der Waals surface area contributed by atoms with Crippen LogP contribution in [0.5, 0.6) is 0 Å². The van der Waals surface area contributed by atoms with Crippen molar-refractivity contribution in [3.05, 3.63) is 45.2 Å². The average Bonchev–Trinajstić information content (AvgIpc) is 2.85. The molecule has 0 aliphatic carbocycles. The van der Waals surface area contributed by atoms with Gasteiger partial charge in [-0.3, -0.25) is 16.3 Å². The quantitative estimate of drug-likeness (QED) is 0.672. The van der Waals surface area contributed by atoms with Gasteiger partial charge in [-0.2, -0.15) is 0 Å². The first kappa shape index (κ1) is 16.1. The van der Waals surface area contributed by atoms with Crippen molar-refractivity contribution in [1.82, 2.24) is 15.4 Å². The van der Waals surface area contributed by atoms with E-state index in [-0.39, 0.29) is 11.5 Å². The van der Waals surface area contributed by atoms with Crippen LogP contribution in [0.3, 0.4) is 0 Å². The Balaban J connectivity index is 2.21. The molecule has 1 unspecified atom stereocenters. The van der Waals surface area contributed by atoms with Crippen LogP contribution in [0.15, 0.2) is 17.5 Å². The maximum atomic E-state index is 5.75. The Bertz CT molecular complexity index is 613. The van der Waals surface area contributed by atoms with Gasteiger partial charge >= 0.3 is 0 Å². The Morgan fingerprint density at radius 2 is 1.95 bits per heavy atom. The molecule has 114 valence electrons. The third kappa shape index (κ3) is 3.87. The lowest BCUT2D eigenvalue weighted by molar-refractivity contribution is 0.537. The monoisotopic (exact) mass is 304 g/mol. The number of aryl methyl sites for hydroxylation is 2. The molecule has 2 heterocycles. The molecule has 0 aliphatic heterocycles. The zero-order valence-electron chi connectivity index (χ0n) is 13.4. The lowest BCUT2D eigenvalue weighted by atomic mass is 9.93. The highest BCUT2D eigenvalue weighted by atomic mass is 32.1. The summed E-state index contributed by atoms with van der Waals surface area (Å²) in [4.78, 5) is 9.26. The van der Waals surface area contributed by atoms with Crippen LogP contribution in [0, 0.1) is 13.8 Å². The molecule has 0 radical (unpaired) electrons. The van der Waals surface area contributed by atoms with Gasteiger partial charge in [0, 0.05) is 28.6 Å². The van der Waals surface area contributed by atoms with Gasteiger partial charge < -0.3 is 0 Å². The Morgan fingerprint density at radius 1 is 1.24 bits per heavy atom. The van der Waals surface area contributed by atoms with Gasteiger partial charge in [-0.1, -0.05) is 26.8 Å². The molecule has 0 saturated carbocycles. The number of aromatic nitrogens is 2. The molecule has 0 spiro atoms. The Hall–Kier alpha value is -1.30. The van der Waals surface area contributed by atoms with Crippen molar-refractivity contribution in [1.29, 1.82) is 0 Å². The summed E-state index contributed by atoms with van der Waals surface area (Å²) in [6.45, 7) is 10.6. The molecule has 0 amide bonds. The summed E-state index contributed by atoms with van der Waals surface area (Å²) in [7, 11) is 0. The number of hydrogen-bond acceptors (Lipinski definition) is 5. The molecule has 4 nitrogen and oxygen atoms in total. The molecule has 0 bridgehead atoms. The van der Waals surface area contributed by atoms with Gasteiger partial charge in [0.15, 0.2) is 0 Å². The molecule has 5 heteroatoms. The molecule has 2 aromatic heterocycles. The van der Waals surface area contributed by atoms with Gasteiger partial charge in [0.05, 0.1) is 16.7 Å². The van der Waals surface area contributed by atoms with Crippen molar-refractivity contribution >= 4 is 11.3 Å². The summed E-state index contributed by atoms with van der Waals surface area (Å²) in [6, 6.07) is 4.16. The number of thiazole rings is 1. The first-order chi connectivity index (χ1) is 9.81. The van der Waals surface area contributed by atoms with Gasteiger partial charge in [-0.25, -0.2) is 4.98 Å². The van der Waals surface area contributed by atoms with Gasteiger partial charge in [0.25, 0.3) is 0 Å². The summed E-state index contributed by atoms with van der Waals surface area (Å²) in [5.74, 6) is 5.75. The third-order valence-corrected chi connectivity index (χ3v) is 4.41. The highest BCUT2D eigenvalue weighted by Gasteiger charge is 2.20. The predicted molar refractivity (Wildman–Crippen MR) is 88.3 cm³/mol. The minimum absolute atomic E-state index is 0.0390. The minimum Gasteiger partial charge on any atom is -0.271 e. The SMILES string of the molecule is Cc1ccc(C(Cc2nc(C(C)(C)C)cs2)NN)c(C)n1. The van der Waals surface area contributed by atoms with E-state index in [1.807, 2.05) is 19.9 Å². The van der Waals surface area contributed by atoms with E-state index >= 15 is 0 Å². The van der Waals surface area contributed by atoms with Crippen LogP contribution in [0.4, 0.5) is 0 Å². The number of nitrogens with one attached hydrogen (secondary N) is 1. The zero-order chi connectivity index (χ0) is 15.6. The van der Waals surface area contributed by atoms with Gasteiger partial charge in [-0.15, -0.1) is 11.3 Å². The van der Waals surface area contributed by atoms with Crippen LogP contribution in [0.25, 0.3) is 0 Å². The van der Waals surface area contributed by atoms with Crippen molar-refractivity contribution < 1.29 is 0 Å². The van der Waals surface area contributed by atoms with E-state index in [1.54, 1.807) is 11.3 Å². The zero-order valence-corrected chi connectivity index (χ0v) is 14.2. The minimum atomic E-state index is 0.0390. The van der Waals surface area contributed by atoms with E-state index in [0.717, 1.165) is 34.1 Å². The van der Waals surface area contributed by atoms with E-state index in [9.17, 15) is 0 Å². The van der Waals surface area contributed by atoms with E-state index in [4.69, 9.17) is 10.8 Å². The fourth-order valence-electron chi connectivity index (χ4n) is 2.25. The highest BCUT2D eigenvalue weighted by molar-refractivity contribution is 7.09. The maximum absolute atomic E-state index is 5.75. The van der Waals surface area contributed by atoms with Gasteiger partial charge in [0.2, 0.25) is 0 Å². The van der Waals surface area contributed by atoms with Crippen LogP contribution in [0.2, 0.25) is 0 Å². The van der Waals surface area contributed by atoms with E-state index in [0.29, 0.717) is 0 Å². The molecule has 0 fully saturated rings. The van der Waals surface area contributed by atoms with Crippen molar-refractivity contribution in [2.75, 3.05) is 0 Å². The fraction of sp³-hybridized carbons (Fsp3) is 0.500. The van der Waals surface area contributed by atoms with Gasteiger partial charge in [0.1, 0.15) is 0 Å². The first-order valence-corrected chi connectivity index (χ1v) is 8.04. The number of hydrogen-bond donors (Lipinski definition) is 2. The highest BCUT2D eigenvalue weighted by Crippen LogP contribution is 2.27. The average molecular weight is 304 g/mol. The summed E-state index contributed by atoms with van der Waals surface area (Å²) in [5, 5.41) is 3.24. The van der Waals surface area contributed by atoms with Crippen LogP contribution in [-0.2, 0) is 11.8 Å². The summed E-state index contributed by atoms with van der Waals surface area (Å²) in [5.41, 5.74) is 7.30. The number of nitrogens with two attached hydrogens (primary N) is 1. The summed E-state index contributed by atoms with van der Waals surface area (Å²) < 4.78 is 0. The molecule has 2 rings (SSSR count). The summed E-state index contributed by atoms with van der Waals surface area (Å²) in [6.07, 6.45) is 0.781. The standard InChI is InChI=1S/C16H24N4S/c1-10-6-7-12(11(2)18-10)13(20-17)8-15-19-14(9-21-15)16(3,4)5/h6-7,9,13,20H,8,17H2,1-5H3. The lowest BCUT2D eigenvalue weighted by Gasteiger charge is -2.17. The molecule has 0 aliphatic rings. The molecule has 3 N–H and O–H groups in total. The lowest BCUT2D eigenvalue weighted by Crippen LogP contribution is -2.30. The second-order valence-electron chi connectivity index (χ2n) is 6.43. The van der Waals surface area contributed by atoms with Crippen LogP contribution >= 0.6 is 11.3 Å². The van der Waals surface area contributed by atoms with E-state index < -0.39 is 0 Å². The Kier molecular flexibility index (Phi) is 4.76. The number of hydrazine groups is 1. The van der Waals surface area contributed by atoms with Crippen LogP contribution < -0.4 is 11.3 Å². The number of nitrogens with zero attached hydrogens (tertiary/aromatic N) is 2. The molecule has 1 atom stereocenters. The fourth-order valence-corrected chi connectivity index (χ4v) is 3.32. The van der Waals surface area contributed by atoms with E-state index in [1.165, 1.54) is 0 Å². The van der Waals surface area contributed by atoms with Crippen LogP contribution in [0.1, 0.15) is 54.5 Å². The molecular formula is C16H24N4S. The van der Waals surface area contributed by atoms with Crippen molar-refractivity contribution in [2.24, 2.45) is 5.84 Å². The van der Waals surface area contributed by atoms with Crippen molar-refractivity contribution in [3.8, 4) is 0 Å². The van der Waals surface area contributed by atoms with Crippen molar-refractivity contribution in [3.63, 3.8) is 0 Å². The molecular weight excluding hydrogens is 280 g/mol. The normalized spacial score (nSPS) is 13.4. The molecule has 2 aromatic rings. The molecule has 21 heavy (non-hydrogen) atoms. The third-order valence-electron chi connectivity index (χ3n) is 3.54. The smallest absolute Gasteiger partial charge is 0.0948 e. The number of rotatable bonds is 4. The molecule has 0 saturated heterocycles. The number of pyridine rings is 1. The Morgan fingerprint density at radius 3 is 2.48 bits per heavy atom. The topological polar surface area (TPSA) is 63.8 Å². The molecule has 0 aromatic carbocycles. The second-order valence-corrected chi connectivity index (χ2v) is 7.37. The second kappa shape index (κ2) is 6.22. The van der Waals surface area contributed by atoms with E-state index in [2.05, 4.69) is 42.6 Å². The van der Waals surface area contributed by atoms with Crippen LogP contribution in [-0.4, -0.2) is 9.97 Å².